The molecule has 0 aliphatic heterocycles. The lowest BCUT2D eigenvalue weighted by Gasteiger charge is -2.10. The minimum absolute atomic E-state index is 0.871. The summed E-state index contributed by atoms with van der Waals surface area (Å²) in [6.07, 6.45) is 6.79. The Morgan fingerprint density at radius 1 is 1.17 bits per heavy atom. The van der Waals surface area contributed by atoms with Crippen molar-refractivity contribution in [3.8, 4) is 0 Å². The molecule has 0 spiro atoms. The zero-order valence-corrected chi connectivity index (χ0v) is 11.4. The maximum atomic E-state index is 4.45. The van der Waals surface area contributed by atoms with Crippen LogP contribution in [0.5, 0.6) is 0 Å². The molecule has 0 saturated heterocycles. The fraction of sp³-hybridized carbons (Fsp3) is 0.750. The molecule has 1 heterocycles. The quantitative estimate of drug-likeness (QED) is 0.412. The van der Waals surface area contributed by atoms with Gasteiger partial charge in [-0.05, 0) is 26.2 Å². The lowest BCUT2D eigenvalue weighted by atomic mass is 10.3. The first-order valence-corrected chi connectivity index (χ1v) is 6.71. The molecular formula is C12H24N6. The van der Waals surface area contributed by atoms with Crippen molar-refractivity contribution in [1.29, 1.82) is 0 Å². The fourth-order valence-electron chi connectivity index (χ4n) is 1.53. The summed E-state index contributed by atoms with van der Waals surface area (Å²) in [5, 5.41) is 14.1. The van der Waals surface area contributed by atoms with E-state index in [0.29, 0.717) is 0 Å². The molecular weight excluding hydrogens is 228 g/mol. The lowest BCUT2D eigenvalue weighted by Crippen LogP contribution is -2.37. The second kappa shape index (κ2) is 9.44. The molecule has 1 aromatic rings. The molecule has 6 nitrogen and oxygen atoms in total. The molecule has 0 aromatic carbocycles. The molecule has 102 valence electrons. The molecule has 1 aromatic heterocycles. The van der Waals surface area contributed by atoms with E-state index in [4.69, 9.17) is 0 Å². The van der Waals surface area contributed by atoms with E-state index in [2.05, 4.69) is 39.7 Å². The molecule has 0 bridgehead atoms. The summed E-state index contributed by atoms with van der Waals surface area (Å²) >= 11 is 0. The van der Waals surface area contributed by atoms with E-state index < -0.39 is 0 Å². The van der Waals surface area contributed by atoms with Gasteiger partial charge in [0, 0.05) is 26.2 Å². The summed E-state index contributed by atoms with van der Waals surface area (Å²) in [5.41, 5.74) is 0. The van der Waals surface area contributed by atoms with Gasteiger partial charge in [0.2, 0.25) is 0 Å². The smallest absolute Gasteiger partial charge is 0.191 e. The van der Waals surface area contributed by atoms with Crippen LogP contribution >= 0.6 is 0 Å². The Labute approximate surface area is 109 Å². The highest BCUT2D eigenvalue weighted by atomic mass is 15.2. The number of aromatic nitrogens is 3. The second-order valence-corrected chi connectivity index (χ2v) is 4.09. The number of rotatable bonds is 8. The first-order chi connectivity index (χ1) is 8.86. The van der Waals surface area contributed by atoms with Crippen molar-refractivity contribution in [2.24, 2.45) is 4.99 Å². The van der Waals surface area contributed by atoms with E-state index in [9.17, 15) is 0 Å². The standard InChI is InChI=1S/C12H24N6/c1-3-7-14-12(13-4-2)15-8-5-6-9-18-10-16-17-11-18/h10-11H,3-9H2,1-2H3,(H2,13,14,15). The number of nitrogens with zero attached hydrogens (tertiary/aromatic N) is 4. The number of hydrogen-bond acceptors (Lipinski definition) is 3. The summed E-state index contributed by atoms with van der Waals surface area (Å²) in [6, 6.07) is 0. The number of hydrogen-bond donors (Lipinski definition) is 2. The predicted molar refractivity (Wildman–Crippen MR) is 73.5 cm³/mol. The summed E-state index contributed by atoms with van der Waals surface area (Å²) in [6.45, 7) is 7.89. The Balaban J connectivity index is 2.10. The van der Waals surface area contributed by atoms with E-state index >= 15 is 0 Å². The van der Waals surface area contributed by atoms with Crippen molar-refractivity contribution in [3.63, 3.8) is 0 Å². The Bertz CT molecular complexity index is 319. The highest BCUT2D eigenvalue weighted by molar-refractivity contribution is 5.79. The molecule has 6 heteroatoms. The number of aryl methyl sites for hydroxylation is 1. The van der Waals surface area contributed by atoms with Crippen LogP contribution in [0.2, 0.25) is 0 Å². The minimum Gasteiger partial charge on any atom is -0.357 e. The molecule has 0 aliphatic carbocycles. The second-order valence-electron chi connectivity index (χ2n) is 4.09. The van der Waals surface area contributed by atoms with Gasteiger partial charge in [-0.15, -0.1) is 10.2 Å². The van der Waals surface area contributed by atoms with Crippen molar-refractivity contribution >= 4 is 5.96 Å². The summed E-state index contributed by atoms with van der Waals surface area (Å²) < 4.78 is 2.00. The topological polar surface area (TPSA) is 67.1 Å². The van der Waals surface area contributed by atoms with Crippen LogP contribution in [0.4, 0.5) is 0 Å². The highest BCUT2D eigenvalue weighted by Gasteiger charge is 1.96. The molecule has 0 atom stereocenters. The molecule has 0 radical (unpaired) electrons. The lowest BCUT2D eigenvalue weighted by molar-refractivity contribution is 0.597. The van der Waals surface area contributed by atoms with Gasteiger partial charge in [0.1, 0.15) is 12.7 Å². The van der Waals surface area contributed by atoms with E-state index in [0.717, 1.165) is 51.4 Å². The zero-order valence-electron chi connectivity index (χ0n) is 11.4. The van der Waals surface area contributed by atoms with Crippen molar-refractivity contribution < 1.29 is 0 Å². The largest absolute Gasteiger partial charge is 0.357 e. The third-order valence-electron chi connectivity index (χ3n) is 2.44. The van der Waals surface area contributed by atoms with Crippen LogP contribution in [0.1, 0.15) is 33.1 Å². The maximum absolute atomic E-state index is 4.45. The Hall–Kier alpha value is -1.59. The molecule has 0 fully saturated rings. The molecule has 18 heavy (non-hydrogen) atoms. The van der Waals surface area contributed by atoms with Gasteiger partial charge in [-0.3, -0.25) is 4.99 Å². The fourth-order valence-corrected chi connectivity index (χ4v) is 1.53. The van der Waals surface area contributed by atoms with Gasteiger partial charge in [0.25, 0.3) is 0 Å². The Morgan fingerprint density at radius 3 is 2.61 bits per heavy atom. The third-order valence-corrected chi connectivity index (χ3v) is 2.44. The first-order valence-electron chi connectivity index (χ1n) is 6.71. The SMILES string of the molecule is CCCN=C(NCC)NCCCCn1cnnc1. The van der Waals surface area contributed by atoms with Gasteiger partial charge in [0.15, 0.2) is 5.96 Å². The zero-order chi connectivity index (χ0) is 13.1. The van der Waals surface area contributed by atoms with Crippen molar-refractivity contribution in [1.82, 2.24) is 25.4 Å². The molecule has 0 unspecified atom stereocenters. The first kappa shape index (κ1) is 14.5. The van der Waals surface area contributed by atoms with Crippen LogP contribution in [-0.2, 0) is 6.54 Å². The van der Waals surface area contributed by atoms with Gasteiger partial charge in [-0.2, -0.15) is 0 Å². The van der Waals surface area contributed by atoms with Crippen molar-refractivity contribution in [2.75, 3.05) is 19.6 Å². The van der Waals surface area contributed by atoms with Crippen LogP contribution in [0.15, 0.2) is 17.6 Å². The van der Waals surface area contributed by atoms with Crippen LogP contribution < -0.4 is 10.6 Å². The average molecular weight is 252 g/mol. The van der Waals surface area contributed by atoms with Crippen LogP contribution in [-0.4, -0.2) is 40.4 Å². The van der Waals surface area contributed by atoms with E-state index in [1.165, 1.54) is 0 Å². The molecule has 2 N–H and O–H groups in total. The number of nitrogens with one attached hydrogen (secondary N) is 2. The van der Waals surface area contributed by atoms with Gasteiger partial charge in [-0.25, -0.2) is 0 Å². The number of aliphatic imine (C=N–C) groups is 1. The number of unbranched alkanes of at least 4 members (excludes halogenated alkanes) is 1. The molecule has 1 rings (SSSR count). The van der Waals surface area contributed by atoms with Crippen molar-refractivity contribution in [2.45, 2.75) is 39.7 Å². The Morgan fingerprint density at radius 2 is 1.94 bits per heavy atom. The summed E-state index contributed by atoms with van der Waals surface area (Å²) in [5.74, 6) is 0.920. The normalized spacial score (nSPS) is 11.6. The number of guanidine groups is 1. The highest BCUT2D eigenvalue weighted by Crippen LogP contribution is 1.92. The van der Waals surface area contributed by atoms with Crippen LogP contribution in [0, 0.1) is 0 Å². The third kappa shape index (κ3) is 6.22. The summed E-state index contributed by atoms with van der Waals surface area (Å²) in [4.78, 5) is 4.45. The monoisotopic (exact) mass is 252 g/mol. The predicted octanol–water partition coefficient (Wildman–Crippen LogP) is 1.02. The molecule has 0 saturated carbocycles. The summed E-state index contributed by atoms with van der Waals surface area (Å²) in [7, 11) is 0. The average Bonchev–Trinajstić information content (AvgIpc) is 2.88. The molecule has 0 aliphatic rings. The Kier molecular flexibility index (Phi) is 7.59. The van der Waals surface area contributed by atoms with Gasteiger partial charge >= 0.3 is 0 Å². The van der Waals surface area contributed by atoms with Crippen LogP contribution in [0.3, 0.4) is 0 Å². The minimum atomic E-state index is 0.871. The van der Waals surface area contributed by atoms with Crippen molar-refractivity contribution in [3.05, 3.63) is 12.7 Å². The van der Waals surface area contributed by atoms with E-state index in [1.807, 2.05) is 4.57 Å². The van der Waals surface area contributed by atoms with Gasteiger partial charge in [-0.1, -0.05) is 6.92 Å². The van der Waals surface area contributed by atoms with E-state index in [-0.39, 0.29) is 0 Å². The van der Waals surface area contributed by atoms with E-state index in [1.54, 1.807) is 12.7 Å². The van der Waals surface area contributed by atoms with Crippen LogP contribution in [0.25, 0.3) is 0 Å². The van der Waals surface area contributed by atoms with Gasteiger partial charge in [0.05, 0.1) is 0 Å². The molecule has 0 amide bonds. The van der Waals surface area contributed by atoms with Gasteiger partial charge < -0.3 is 15.2 Å². The maximum Gasteiger partial charge on any atom is 0.191 e.